The number of rotatable bonds is 3. The van der Waals surface area contributed by atoms with E-state index in [0.29, 0.717) is 0 Å². The van der Waals surface area contributed by atoms with Gasteiger partial charge in [-0.15, -0.1) is 0 Å². The SMILES string of the molecule is Cc1ccccc1-c1ccccc1NC1=CC=CC(C)(C)C=C1. The Kier molecular flexibility index (Phi) is 4.20. The van der Waals surface area contributed by atoms with E-state index in [1.165, 1.54) is 16.7 Å². The maximum absolute atomic E-state index is 3.58. The highest BCUT2D eigenvalue weighted by atomic mass is 14.9. The predicted molar refractivity (Wildman–Crippen MR) is 100 cm³/mol. The molecule has 3 rings (SSSR count). The summed E-state index contributed by atoms with van der Waals surface area (Å²) in [5.41, 5.74) is 6.11. The zero-order valence-corrected chi connectivity index (χ0v) is 14.0. The van der Waals surface area contributed by atoms with Gasteiger partial charge >= 0.3 is 0 Å². The second kappa shape index (κ2) is 6.29. The monoisotopic (exact) mass is 301 g/mol. The number of benzene rings is 2. The van der Waals surface area contributed by atoms with Crippen LogP contribution in [0.15, 0.2) is 84.6 Å². The van der Waals surface area contributed by atoms with Gasteiger partial charge in [-0.2, -0.15) is 0 Å². The minimum absolute atomic E-state index is 0.0927. The van der Waals surface area contributed by atoms with E-state index in [4.69, 9.17) is 0 Å². The Hall–Kier alpha value is -2.54. The minimum atomic E-state index is 0.0927. The lowest BCUT2D eigenvalue weighted by molar-refractivity contribution is 0.627. The quantitative estimate of drug-likeness (QED) is 0.721. The van der Waals surface area contributed by atoms with Gasteiger partial charge in [0.1, 0.15) is 0 Å². The van der Waals surface area contributed by atoms with Crippen LogP contribution >= 0.6 is 0 Å². The third-order valence-corrected chi connectivity index (χ3v) is 4.14. The van der Waals surface area contributed by atoms with Crippen molar-refractivity contribution in [2.24, 2.45) is 5.41 Å². The largest absolute Gasteiger partial charge is 0.355 e. The van der Waals surface area contributed by atoms with Crippen LogP contribution in [-0.4, -0.2) is 0 Å². The molecule has 116 valence electrons. The van der Waals surface area contributed by atoms with E-state index in [1.54, 1.807) is 0 Å². The van der Waals surface area contributed by atoms with Crippen molar-refractivity contribution in [1.29, 1.82) is 0 Å². The molecule has 1 heteroatoms. The van der Waals surface area contributed by atoms with Crippen molar-refractivity contribution >= 4 is 5.69 Å². The van der Waals surface area contributed by atoms with E-state index < -0.39 is 0 Å². The molecule has 2 aromatic carbocycles. The first kappa shape index (κ1) is 15.4. The highest BCUT2D eigenvalue weighted by Crippen LogP contribution is 2.32. The molecule has 0 heterocycles. The maximum atomic E-state index is 3.58. The summed E-state index contributed by atoms with van der Waals surface area (Å²) < 4.78 is 0. The Balaban J connectivity index is 1.95. The molecule has 1 nitrogen and oxygen atoms in total. The lowest BCUT2D eigenvalue weighted by Crippen LogP contribution is -2.02. The second-order valence-corrected chi connectivity index (χ2v) is 6.62. The number of aryl methyl sites for hydroxylation is 1. The standard InChI is InChI=1S/C22H23N/c1-17-9-4-5-11-19(17)20-12-6-7-13-21(20)23-18-10-8-15-22(2,3)16-14-18/h4-16,23H,1-3H3. The van der Waals surface area contributed by atoms with Crippen molar-refractivity contribution in [2.75, 3.05) is 5.32 Å². The molecule has 1 N–H and O–H groups in total. The van der Waals surface area contributed by atoms with E-state index in [1.807, 2.05) is 0 Å². The van der Waals surface area contributed by atoms with Gasteiger partial charge < -0.3 is 5.32 Å². The molecule has 1 aliphatic rings. The van der Waals surface area contributed by atoms with Gasteiger partial charge in [0.15, 0.2) is 0 Å². The zero-order valence-electron chi connectivity index (χ0n) is 14.0. The maximum Gasteiger partial charge on any atom is 0.0464 e. The summed E-state index contributed by atoms with van der Waals surface area (Å²) in [6.07, 6.45) is 10.9. The van der Waals surface area contributed by atoms with Gasteiger partial charge in [0.05, 0.1) is 0 Å². The molecule has 0 saturated carbocycles. The first-order chi connectivity index (χ1) is 11.1. The summed E-state index contributed by atoms with van der Waals surface area (Å²) >= 11 is 0. The molecule has 0 aliphatic heterocycles. The van der Waals surface area contributed by atoms with Gasteiger partial charge in [0.25, 0.3) is 0 Å². The van der Waals surface area contributed by atoms with Crippen LogP contribution in [0.2, 0.25) is 0 Å². The predicted octanol–water partition coefficient (Wildman–Crippen LogP) is 6.11. The van der Waals surface area contributed by atoms with Crippen molar-refractivity contribution < 1.29 is 0 Å². The van der Waals surface area contributed by atoms with Crippen molar-refractivity contribution in [3.05, 3.63) is 90.2 Å². The Morgan fingerprint density at radius 3 is 2.30 bits per heavy atom. The summed E-state index contributed by atoms with van der Waals surface area (Å²) in [5.74, 6) is 0. The topological polar surface area (TPSA) is 12.0 Å². The summed E-state index contributed by atoms with van der Waals surface area (Å²) in [5, 5.41) is 3.58. The van der Waals surface area contributed by atoms with Crippen molar-refractivity contribution in [3.8, 4) is 11.1 Å². The number of hydrogen-bond donors (Lipinski definition) is 1. The van der Waals surface area contributed by atoms with Gasteiger partial charge in [-0.05, 0) is 36.3 Å². The molecular weight excluding hydrogens is 278 g/mol. The summed E-state index contributed by atoms with van der Waals surface area (Å²) in [6, 6.07) is 17.0. The molecule has 0 aromatic heterocycles. The van der Waals surface area contributed by atoms with Gasteiger partial charge in [-0.1, -0.05) is 74.5 Å². The van der Waals surface area contributed by atoms with Crippen LogP contribution < -0.4 is 5.32 Å². The average molecular weight is 301 g/mol. The molecule has 2 aromatic rings. The van der Waals surface area contributed by atoms with Crippen LogP contribution in [0.5, 0.6) is 0 Å². The van der Waals surface area contributed by atoms with Crippen molar-refractivity contribution in [1.82, 2.24) is 0 Å². The van der Waals surface area contributed by atoms with Gasteiger partial charge in [-0.25, -0.2) is 0 Å². The Bertz CT molecular complexity index is 791. The van der Waals surface area contributed by atoms with Crippen LogP contribution in [0, 0.1) is 12.3 Å². The summed E-state index contributed by atoms with van der Waals surface area (Å²) in [4.78, 5) is 0. The lowest BCUT2D eigenvalue weighted by Gasteiger charge is -2.15. The second-order valence-electron chi connectivity index (χ2n) is 6.62. The molecule has 0 unspecified atom stereocenters. The van der Waals surface area contributed by atoms with Crippen LogP contribution in [-0.2, 0) is 0 Å². The fourth-order valence-corrected chi connectivity index (χ4v) is 2.76. The first-order valence-corrected chi connectivity index (χ1v) is 8.06. The molecule has 0 saturated heterocycles. The van der Waals surface area contributed by atoms with Gasteiger partial charge in [-0.3, -0.25) is 0 Å². The van der Waals surface area contributed by atoms with Gasteiger partial charge in [0, 0.05) is 22.4 Å². The zero-order chi connectivity index (χ0) is 16.3. The fraction of sp³-hybridized carbons (Fsp3) is 0.182. The highest BCUT2D eigenvalue weighted by molar-refractivity contribution is 5.81. The third kappa shape index (κ3) is 3.62. The molecule has 0 atom stereocenters. The van der Waals surface area contributed by atoms with Crippen molar-refractivity contribution in [3.63, 3.8) is 0 Å². The normalized spacial score (nSPS) is 15.9. The molecule has 0 fully saturated rings. The molecule has 0 bridgehead atoms. The van der Waals surface area contributed by atoms with E-state index in [0.717, 1.165) is 11.4 Å². The minimum Gasteiger partial charge on any atom is -0.355 e. The Morgan fingerprint density at radius 1 is 0.826 bits per heavy atom. The van der Waals surface area contributed by atoms with E-state index in [-0.39, 0.29) is 5.41 Å². The first-order valence-electron chi connectivity index (χ1n) is 8.06. The van der Waals surface area contributed by atoms with Crippen LogP contribution in [0.25, 0.3) is 11.1 Å². The molecule has 23 heavy (non-hydrogen) atoms. The molecular formula is C22H23N. The number of anilines is 1. The van der Waals surface area contributed by atoms with Crippen molar-refractivity contribution in [2.45, 2.75) is 20.8 Å². The number of nitrogens with one attached hydrogen (secondary N) is 1. The third-order valence-electron chi connectivity index (χ3n) is 4.14. The lowest BCUT2D eigenvalue weighted by atomic mass is 9.93. The average Bonchev–Trinajstić information content (AvgIpc) is 2.70. The molecule has 1 aliphatic carbocycles. The van der Waals surface area contributed by atoms with Crippen LogP contribution in [0.3, 0.4) is 0 Å². The van der Waals surface area contributed by atoms with E-state index >= 15 is 0 Å². The number of allylic oxidation sites excluding steroid dienone is 5. The van der Waals surface area contributed by atoms with E-state index in [2.05, 4.69) is 105 Å². The summed E-state index contributed by atoms with van der Waals surface area (Å²) in [6.45, 7) is 6.57. The van der Waals surface area contributed by atoms with Gasteiger partial charge in [0.2, 0.25) is 0 Å². The summed E-state index contributed by atoms with van der Waals surface area (Å²) in [7, 11) is 0. The number of hydrogen-bond acceptors (Lipinski definition) is 1. The fourth-order valence-electron chi connectivity index (χ4n) is 2.76. The Morgan fingerprint density at radius 2 is 1.52 bits per heavy atom. The smallest absolute Gasteiger partial charge is 0.0464 e. The molecule has 0 amide bonds. The van der Waals surface area contributed by atoms with Crippen LogP contribution in [0.4, 0.5) is 5.69 Å². The Labute approximate surface area is 139 Å². The molecule has 0 spiro atoms. The van der Waals surface area contributed by atoms with Crippen LogP contribution in [0.1, 0.15) is 19.4 Å². The van der Waals surface area contributed by atoms with E-state index in [9.17, 15) is 0 Å². The number of para-hydroxylation sites is 1. The molecule has 0 radical (unpaired) electrons. The highest BCUT2D eigenvalue weighted by Gasteiger charge is 2.12.